The summed E-state index contributed by atoms with van der Waals surface area (Å²) in [5.74, 6) is 0.147. The lowest BCUT2D eigenvalue weighted by Gasteiger charge is -2.21. The summed E-state index contributed by atoms with van der Waals surface area (Å²) in [5.41, 5.74) is 7.36. The minimum atomic E-state index is 0.147. The number of carbonyl (C=O) groups excluding carboxylic acids is 1. The minimum Gasteiger partial charge on any atom is -0.336 e. The lowest BCUT2D eigenvalue weighted by atomic mass is 10.1. The van der Waals surface area contributed by atoms with Gasteiger partial charge in [0.2, 0.25) is 0 Å². The summed E-state index contributed by atoms with van der Waals surface area (Å²) in [6.45, 7) is 3.52. The van der Waals surface area contributed by atoms with Crippen LogP contribution in [0.3, 0.4) is 0 Å². The first-order chi connectivity index (χ1) is 7.72. The molecule has 1 amide bonds. The van der Waals surface area contributed by atoms with Crippen molar-refractivity contribution in [1.29, 1.82) is 0 Å². The zero-order valence-corrected chi connectivity index (χ0v) is 9.65. The van der Waals surface area contributed by atoms with Gasteiger partial charge in [0.05, 0.1) is 0 Å². The van der Waals surface area contributed by atoms with Gasteiger partial charge in [0.25, 0.3) is 5.91 Å². The lowest BCUT2D eigenvalue weighted by Crippen LogP contribution is -2.33. The maximum Gasteiger partial charge on any atom is 0.254 e. The van der Waals surface area contributed by atoms with Crippen molar-refractivity contribution in [3.8, 4) is 0 Å². The van der Waals surface area contributed by atoms with Crippen molar-refractivity contribution in [2.24, 2.45) is 5.73 Å². The van der Waals surface area contributed by atoms with Crippen LogP contribution in [0.4, 0.5) is 0 Å². The Hall–Kier alpha value is -1.35. The number of likely N-dealkylation sites (tertiary alicyclic amines) is 1. The number of nitrogens with two attached hydrogens (primary N) is 1. The normalized spacial score (nSPS) is 20.1. The van der Waals surface area contributed by atoms with Crippen LogP contribution in [-0.2, 0) is 6.54 Å². The van der Waals surface area contributed by atoms with Gasteiger partial charge in [-0.25, -0.2) is 0 Å². The smallest absolute Gasteiger partial charge is 0.254 e. The van der Waals surface area contributed by atoms with Crippen LogP contribution < -0.4 is 5.73 Å². The molecule has 0 saturated carbocycles. The molecule has 0 radical (unpaired) electrons. The Morgan fingerprint density at radius 1 is 1.44 bits per heavy atom. The fourth-order valence-electron chi connectivity index (χ4n) is 2.18. The molecule has 1 aliphatic rings. The van der Waals surface area contributed by atoms with Crippen molar-refractivity contribution >= 4 is 5.91 Å². The molecular weight excluding hydrogens is 200 g/mol. The number of hydrogen-bond acceptors (Lipinski definition) is 2. The molecule has 86 valence electrons. The number of rotatable bonds is 2. The maximum absolute atomic E-state index is 12.2. The highest BCUT2D eigenvalue weighted by Crippen LogP contribution is 2.19. The fourth-order valence-corrected chi connectivity index (χ4v) is 2.18. The van der Waals surface area contributed by atoms with Crippen molar-refractivity contribution in [1.82, 2.24) is 4.90 Å². The van der Waals surface area contributed by atoms with Crippen molar-refractivity contribution in [2.45, 2.75) is 32.4 Å². The molecule has 1 aromatic rings. The molecule has 0 aliphatic carbocycles. The van der Waals surface area contributed by atoms with Gasteiger partial charge in [0, 0.05) is 24.7 Å². The van der Waals surface area contributed by atoms with Gasteiger partial charge in [0.15, 0.2) is 0 Å². The van der Waals surface area contributed by atoms with E-state index in [9.17, 15) is 4.79 Å². The summed E-state index contributed by atoms with van der Waals surface area (Å²) in [5, 5.41) is 0. The van der Waals surface area contributed by atoms with Crippen LogP contribution in [-0.4, -0.2) is 23.4 Å². The van der Waals surface area contributed by atoms with E-state index >= 15 is 0 Å². The van der Waals surface area contributed by atoms with E-state index < -0.39 is 0 Å². The molecule has 3 nitrogen and oxygen atoms in total. The van der Waals surface area contributed by atoms with Crippen LogP contribution in [0, 0.1) is 0 Å². The second-order valence-electron chi connectivity index (χ2n) is 4.39. The molecule has 0 aromatic heterocycles. The topological polar surface area (TPSA) is 46.3 Å². The van der Waals surface area contributed by atoms with Gasteiger partial charge in [-0.3, -0.25) is 4.79 Å². The molecule has 3 heteroatoms. The number of nitrogens with zero attached hydrogens (tertiary/aromatic N) is 1. The molecule has 1 heterocycles. The standard InChI is InChI=1S/C13H18N2O/c1-10-3-2-8-15(10)13(16)12-6-4-11(9-14)5-7-12/h4-7,10H,2-3,8-9,14H2,1H3. The molecule has 2 rings (SSSR count). The predicted molar refractivity (Wildman–Crippen MR) is 64.1 cm³/mol. The summed E-state index contributed by atoms with van der Waals surface area (Å²) < 4.78 is 0. The zero-order valence-electron chi connectivity index (χ0n) is 9.65. The van der Waals surface area contributed by atoms with Gasteiger partial charge in [-0.1, -0.05) is 12.1 Å². The van der Waals surface area contributed by atoms with Crippen LogP contribution in [0.5, 0.6) is 0 Å². The highest BCUT2D eigenvalue weighted by Gasteiger charge is 2.25. The third kappa shape index (κ3) is 2.09. The van der Waals surface area contributed by atoms with E-state index in [1.165, 1.54) is 0 Å². The molecule has 1 aliphatic heterocycles. The van der Waals surface area contributed by atoms with Crippen LogP contribution >= 0.6 is 0 Å². The minimum absolute atomic E-state index is 0.147. The summed E-state index contributed by atoms with van der Waals surface area (Å²) in [4.78, 5) is 14.1. The van der Waals surface area contributed by atoms with Crippen molar-refractivity contribution in [3.05, 3.63) is 35.4 Å². The Bertz CT molecular complexity index is 372. The Labute approximate surface area is 96.2 Å². The third-order valence-corrected chi connectivity index (χ3v) is 3.25. The van der Waals surface area contributed by atoms with E-state index in [0.29, 0.717) is 12.6 Å². The number of benzene rings is 1. The SMILES string of the molecule is CC1CCCN1C(=O)c1ccc(CN)cc1. The monoisotopic (exact) mass is 218 g/mol. The second kappa shape index (κ2) is 4.66. The molecule has 16 heavy (non-hydrogen) atoms. The van der Waals surface area contributed by atoms with E-state index in [2.05, 4.69) is 6.92 Å². The Balaban J connectivity index is 2.14. The van der Waals surface area contributed by atoms with Crippen molar-refractivity contribution in [3.63, 3.8) is 0 Å². The maximum atomic E-state index is 12.2. The molecule has 0 bridgehead atoms. The number of carbonyl (C=O) groups is 1. The van der Waals surface area contributed by atoms with Gasteiger partial charge in [0.1, 0.15) is 0 Å². The third-order valence-electron chi connectivity index (χ3n) is 3.25. The lowest BCUT2D eigenvalue weighted by molar-refractivity contribution is 0.0747. The molecule has 1 saturated heterocycles. The summed E-state index contributed by atoms with van der Waals surface area (Å²) >= 11 is 0. The first kappa shape index (κ1) is 11.1. The number of hydrogen-bond donors (Lipinski definition) is 1. The molecule has 0 spiro atoms. The zero-order chi connectivity index (χ0) is 11.5. The van der Waals surface area contributed by atoms with E-state index in [1.807, 2.05) is 29.2 Å². The average Bonchev–Trinajstić information content (AvgIpc) is 2.75. The quantitative estimate of drug-likeness (QED) is 0.822. The van der Waals surface area contributed by atoms with E-state index in [1.54, 1.807) is 0 Å². The molecule has 1 aromatic carbocycles. The highest BCUT2D eigenvalue weighted by molar-refractivity contribution is 5.94. The predicted octanol–water partition coefficient (Wildman–Crippen LogP) is 1.77. The van der Waals surface area contributed by atoms with E-state index in [4.69, 9.17) is 5.73 Å². The van der Waals surface area contributed by atoms with E-state index in [0.717, 1.165) is 30.5 Å². The molecule has 1 fully saturated rings. The molecule has 2 N–H and O–H groups in total. The second-order valence-corrected chi connectivity index (χ2v) is 4.39. The first-order valence-electron chi connectivity index (χ1n) is 5.82. The molecule has 1 atom stereocenters. The van der Waals surface area contributed by atoms with Gasteiger partial charge in [-0.15, -0.1) is 0 Å². The van der Waals surface area contributed by atoms with Gasteiger partial charge >= 0.3 is 0 Å². The summed E-state index contributed by atoms with van der Waals surface area (Å²) in [6, 6.07) is 7.97. The fraction of sp³-hybridized carbons (Fsp3) is 0.462. The van der Waals surface area contributed by atoms with Crippen molar-refractivity contribution in [2.75, 3.05) is 6.54 Å². The van der Waals surface area contributed by atoms with Crippen LogP contribution in [0.1, 0.15) is 35.7 Å². The molecular formula is C13H18N2O. The average molecular weight is 218 g/mol. The Morgan fingerprint density at radius 2 is 2.12 bits per heavy atom. The highest BCUT2D eigenvalue weighted by atomic mass is 16.2. The van der Waals surface area contributed by atoms with Crippen LogP contribution in [0.25, 0.3) is 0 Å². The van der Waals surface area contributed by atoms with Gasteiger partial charge < -0.3 is 10.6 Å². The van der Waals surface area contributed by atoms with E-state index in [-0.39, 0.29) is 5.91 Å². The summed E-state index contributed by atoms with van der Waals surface area (Å²) in [6.07, 6.45) is 2.24. The van der Waals surface area contributed by atoms with Gasteiger partial charge in [-0.2, -0.15) is 0 Å². The van der Waals surface area contributed by atoms with Gasteiger partial charge in [-0.05, 0) is 37.5 Å². The number of amides is 1. The van der Waals surface area contributed by atoms with Crippen molar-refractivity contribution < 1.29 is 4.79 Å². The Morgan fingerprint density at radius 3 is 2.62 bits per heavy atom. The molecule has 1 unspecified atom stereocenters. The summed E-state index contributed by atoms with van der Waals surface area (Å²) in [7, 11) is 0. The Kier molecular flexibility index (Phi) is 3.25. The van der Waals surface area contributed by atoms with Crippen LogP contribution in [0.2, 0.25) is 0 Å². The first-order valence-corrected chi connectivity index (χ1v) is 5.82. The largest absolute Gasteiger partial charge is 0.336 e. The van der Waals surface area contributed by atoms with Crippen LogP contribution in [0.15, 0.2) is 24.3 Å².